The summed E-state index contributed by atoms with van der Waals surface area (Å²) < 4.78 is 2.16. The zero-order valence-corrected chi connectivity index (χ0v) is 14.1. The zero-order chi connectivity index (χ0) is 16.2. The molecule has 1 aromatic carbocycles. The van der Waals surface area contributed by atoms with Crippen LogP contribution in [-0.4, -0.2) is 40.0 Å². The summed E-state index contributed by atoms with van der Waals surface area (Å²) in [5.74, 6) is 1.40. The summed E-state index contributed by atoms with van der Waals surface area (Å²) in [6.07, 6.45) is 3.06. The summed E-state index contributed by atoms with van der Waals surface area (Å²) in [5.41, 5.74) is 2.20. The number of fused-ring (bicyclic) bond motifs is 1. The second-order valence-electron chi connectivity index (χ2n) is 6.44. The lowest BCUT2D eigenvalue weighted by Gasteiger charge is -2.31. The normalized spacial score (nSPS) is 19.1. The van der Waals surface area contributed by atoms with Gasteiger partial charge in [0.25, 0.3) is 0 Å². The van der Waals surface area contributed by atoms with E-state index in [9.17, 15) is 4.79 Å². The van der Waals surface area contributed by atoms with E-state index in [4.69, 9.17) is 4.98 Å². The van der Waals surface area contributed by atoms with Gasteiger partial charge in [0, 0.05) is 20.1 Å². The van der Waals surface area contributed by atoms with Gasteiger partial charge in [0.05, 0.1) is 23.5 Å². The van der Waals surface area contributed by atoms with Crippen LogP contribution in [0.4, 0.5) is 0 Å². The maximum Gasteiger partial charge on any atom is 0.224 e. The van der Waals surface area contributed by atoms with Crippen LogP contribution in [0.25, 0.3) is 11.0 Å². The van der Waals surface area contributed by atoms with E-state index in [1.54, 1.807) is 0 Å². The van der Waals surface area contributed by atoms with Crippen LogP contribution < -0.4 is 5.32 Å². The molecule has 1 aliphatic rings. The third-order valence-corrected chi connectivity index (χ3v) is 4.67. The average Bonchev–Trinajstić information content (AvgIpc) is 2.89. The van der Waals surface area contributed by atoms with Crippen molar-refractivity contribution in [2.24, 2.45) is 13.0 Å². The van der Waals surface area contributed by atoms with Crippen LogP contribution in [0.1, 0.15) is 32.0 Å². The molecule has 1 saturated heterocycles. The highest BCUT2D eigenvalue weighted by molar-refractivity contribution is 5.79. The third kappa shape index (κ3) is 3.55. The second kappa shape index (κ2) is 7.13. The topological polar surface area (TPSA) is 50.2 Å². The van der Waals surface area contributed by atoms with E-state index in [0.717, 1.165) is 62.3 Å². The van der Waals surface area contributed by atoms with Crippen molar-refractivity contribution in [3.8, 4) is 0 Å². The Kier molecular flexibility index (Phi) is 4.96. The fourth-order valence-corrected chi connectivity index (χ4v) is 3.34. The van der Waals surface area contributed by atoms with Crippen LogP contribution in [0.2, 0.25) is 0 Å². The first-order valence-electron chi connectivity index (χ1n) is 8.59. The number of imidazole rings is 1. The molecule has 5 nitrogen and oxygen atoms in total. The molecular weight excluding hydrogens is 288 g/mol. The monoisotopic (exact) mass is 314 g/mol. The molecule has 1 N–H and O–H groups in total. The second-order valence-corrected chi connectivity index (χ2v) is 6.44. The molecule has 0 unspecified atom stereocenters. The Labute approximate surface area is 137 Å². The van der Waals surface area contributed by atoms with Crippen LogP contribution in [-0.2, 0) is 18.4 Å². The van der Waals surface area contributed by atoms with Crippen LogP contribution in [0, 0.1) is 5.92 Å². The molecule has 5 heteroatoms. The van der Waals surface area contributed by atoms with Crippen molar-refractivity contribution in [2.45, 2.75) is 32.7 Å². The van der Waals surface area contributed by atoms with Crippen LogP contribution in [0.3, 0.4) is 0 Å². The van der Waals surface area contributed by atoms with Gasteiger partial charge in [-0.3, -0.25) is 9.69 Å². The molecule has 0 spiro atoms. The van der Waals surface area contributed by atoms with Crippen molar-refractivity contribution >= 4 is 16.9 Å². The fraction of sp³-hybridized carbons (Fsp3) is 0.556. The van der Waals surface area contributed by atoms with Crippen molar-refractivity contribution in [1.29, 1.82) is 0 Å². The minimum atomic E-state index is 0.116. The number of hydrogen-bond donors (Lipinski definition) is 1. The number of carbonyl (C=O) groups is 1. The highest BCUT2D eigenvalue weighted by Crippen LogP contribution is 2.20. The maximum atomic E-state index is 12.2. The van der Waals surface area contributed by atoms with Gasteiger partial charge < -0.3 is 9.88 Å². The fourth-order valence-electron chi connectivity index (χ4n) is 3.34. The number of rotatable bonds is 5. The molecule has 0 bridgehead atoms. The molecule has 2 aromatic rings. The van der Waals surface area contributed by atoms with Crippen molar-refractivity contribution in [2.75, 3.05) is 19.6 Å². The largest absolute Gasteiger partial charge is 0.356 e. The minimum absolute atomic E-state index is 0.116. The summed E-state index contributed by atoms with van der Waals surface area (Å²) in [7, 11) is 2.07. The van der Waals surface area contributed by atoms with Crippen LogP contribution in [0.5, 0.6) is 0 Å². The molecule has 1 fully saturated rings. The number of para-hydroxylation sites is 2. The number of aromatic nitrogens is 2. The van der Waals surface area contributed by atoms with Crippen molar-refractivity contribution in [3.63, 3.8) is 0 Å². The SMILES string of the molecule is CCCNC(=O)[C@H]1CCCN(Cc2nc3ccccc3n2C)C1. The van der Waals surface area contributed by atoms with Gasteiger partial charge in [-0.25, -0.2) is 4.98 Å². The molecule has 1 amide bonds. The Morgan fingerprint density at radius 2 is 2.22 bits per heavy atom. The molecule has 23 heavy (non-hydrogen) atoms. The number of nitrogens with one attached hydrogen (secondary N) is 1. The van der Waals surface area contributed by atoms with Crippen molar-refractivity contribution in [1.82, 2.24) is 19.8 Å². The van der Waals surface area contributed by atoms with Gasteiger partial charge in [0.1, 0.15) is 5.82 Å². The predicted octanol–water partition coefficient (Wildman–Crippen LogP) is 2.31. The number of aryl methyl sites for hydroxylation is 1. The Morgan fingerprint density at radius 1 is 1.39 bits per heavy atom. The smallest absolute Gasteiger partial charge is 0.224 e. The van der Waals surface area contributed by atoms with Gasteiger partial charge in [-0.05, 0) is 37.9 Å². The van der Waals surface area contributed by atoms with Crippen molar-refractivity contribution in [3.05, 3.63) is 30.1 Å². The Bertz CT molecular complexity index is 679. The van der Waals surface area contributed by atoms with E-state index >= 15 is 0 Å². The molecule has 1 aromatic heterocycles. The first-order valence-corrected chi connectivity index (χ1v) is 8.59. The van der Waals surface area contributed by atoms with Crippen LogP contribution >= 0.6 is 0 Å². The third-order valence-electron chi connectivity index (χ3n) is 4.67. The summed E-state index contributed by atoms with van der Waals surface area (Å²) in [5, 5.41) is 3.03. The number of nitrogens with zero attached hydrogens (tertiary/aromatic N) is 3. The lowest BCUT2D eigenvalue weighted by atomic mass is 9.97. The van der Waals surface area contributed by atoms with Crippen LogP contribution in [0.15, 0.2) is 24.3 Å². The van der Waals surface area contributed by atoms with E-state index in [0.29, 0.717) is 0 Å². The zero-order valence-electron chi connectivity index (χ0n) is 14.1. The van der Waals surface area contributed by atoms with Gasteiger partial charge >= 0.3 is 0 Å². The Hall–Kier alpha value is -1.88. The molecule has 1 aliphatic heterocycles. The standard InChI is InChI=1S/C18H26N4O/c1-3-10-19-18(23)14-7-6-11-22(12-14)13-17-20-15-8-4-5-9-16(15)21(17)2/h4-5,8-9,14H,3,6-7,10-13H2,1-2H3,(H,19,23)/t14-/m0/s1. The molecule has 124 valence electrons. The first-order chi connectivity index (χ1) is 11.2. The number of carbonyl (C=O) groups excluding carboxylic acids is 1. The van der Waals surface area contributed by atoms with E-state index in [1.165, 1.54) is 0 Å². The van der Waals surface area contributed by atoms with E-state index < -0.39 is 0 Å². The predicted molar refractivity (Wildman–Crippen MR) is 92.0 cm³/mol. The lowest BCUT2D eigenvalue weighted by molar-refractivity contribution is -0.126. The molecule has 2 heterocycles. The molecule has 0 radical (unpaired) electrons. The van der Waals surface area contributed by atoms with E-state index in [-0.39, 0.29) is 11.8 Å². The van der Waals surface area contributed by atoms with Gasteiger partial charge in [-0.1, -0.05) is 19.1 Å². The Morgan fingerprint density at radius 3 is 3.00 bits per heavy atom. The quantitative estimate of drug-likeness (QED) is 0.921. The van der Waals surface area contributed by atoms with Gasteiger partial charge in [-0.15, -0.1) is 0 Å². The minimum Gasteiger partial charge on any atom is -0.356 e. The molecule has 0 aliphatic carbocycles. The number of hydrogen-bond acceptors (Lipinski definition) is 3. The lowest BCUT2D eigenvalue weighted by Crippen LogP contribution is -2.43. The number of amides is 1. The average molecular weight is 314 g/mol. The van der Waals surface area contributed by atoms with Gasteiger partial charge in [0.2, 0.25) is 5.91 Å². The number of likely N-dealkylation sites (tertiary alicyclic amines) is 1. The van der Waals surface area contributed by atoms with E-state index in [1.807, 2.05) is 12.1 Å². The summed E-state index contributed by atoms with van der Waals surface area (Å²) in [6, 6.07) is 8.22. The first kappa shape index (κ1) is 16.0. The highest BCUT2D eigenvalue weighted by atomic mass is 16.1. The molecule has 3 rings (SSSR count). The number of benzene rings is 1. The highest BCUT2D eigenvalue weighted by Gasteiger charge is 2.26. The maximum absolute atomic E-state index is 12.2. The summed E-state index contributed by atoms with van der Waals surface area (Å²) in [6.45, 7) is 5.54. The molecule has 0 saturated carbocycles. The van der Waals surface area contributed by atoms with Gasteiger partial charge in [0.15, 0.2) is 0 Å². The molecular formula is C18H26N4O. The molecule has 1 atom stereocenters. The summed E-state index contributed by atoms with van der Waals surface area (Å²) in [4.78, 5) is 19.3. The Balaban J connectivity index is 1.67. The van der Waals surface area contributed by atoms with E-state index in [2.05, 4.69) is 40.9 Å². The van der Waals surface area contributed by atoms with Crippen molar-refractivity contribution < 1.29 is 4.79 Å². The van der Waals surface area contributed by atoms with Gasteiger partial charge in [-0.2, -0.15) is 0 Å². The summed E-state index contributed by atoms with van der Waals surface area (Å²) >= 11 is 0. The number of piperidine rings is 1.